The molecule has 0 spiro atoms. The van der Waals surface area contributed by atoms with Crippen LogP contribution in [-0.4, -0.2) is 29.3 Å². The molecule has 0 radical (unpaired) electrons. The minimum atomic E-state index is 0.494. The number of aromatic nitrogens is 6. The van der Waals surface area contributed by atoms with Crippen molar-refractivity contribution in [2.75, 3.05) is 0 Å². The van der Waals surface area contributed by atoms with Crippen LogP contribution in [0.2, 0.25) is 0 Å². The third kappa shape index (κ3) is 2.60. The quantitative estimate of drug-likeness (QED) is 0.540. The van der Waals surface area contributed by atoms with Gasteiger partial charge in [0.2, 0.25) is 0 Å². The van der Waals surface area contributed by atoms with Gasteiger partial charge in [0.15, 0.2) is 5.65 Å². The Balaban J connectivity index is 1.52. The van der Waals surface area contributed by atoms with Gasteiger partial charge in [-0.15, -0.1) is 11.3 Å². The number of fused-ring (bicyclic) bond motifs is 1. The van der Waals surface area contributed by atoms with Crippen molar-refractivity contribution in [2.24, 2.45) is 14.1 Å². The molecule has 0 N–H and O–H groups in total. The molecule has 0 unspecified atom stereocenters. The van der Waals surface area contributed by atoms with Gasteiger partial charge in [-0.3, -0.25) is 4.68 Å². The average molecular weight is 379 g/mol. The lowest BCUT2D eigenvalue weighted by Gasteiger charge is -2.04. The SMILES string of the molecule is Cc1ncc([C@H]2C[C@@H]2c2cc(-c3cc(C)c4nc(C)n(C)c4n3)n(C)n2)s1. The van der Waals surface area contributed by atoms with Crippen molar-refractivity contribution in [2.45, 2.75) is 39.0 Å². The Bertz CT molecular complexity index is 1180. The van der Waals surface area contributed by atoms with Crippen molar-refractivity contribution in [3.05, 3.63) is 45.3 Å². The Hall–Kier alpha value is -2.54. The van der Waals surface area contributed by atoms with E-state index in [2.05, 4.69) is 35.9 Å². The van der Waals surface area contributed by atoms with Crippen LogP contribution in [0.25, 0.3) is 22.6 Å². The van der Waals surface area contributed by atoms with E-state index in [0.29, 0.717) is 11.8 Å². The zero-order valence-electron chi connectivity index (χ0n) is 16.2. The van der Waals surface area contributed by atoms with Crippen molar-refractivity contribution in [1.82, 2.24) is 29.3 Å². The Morgan fingerprint density at radius 2 is 1.89 bits per heavy atom. The van der Waals surface area contributed by atoms with E-state index in [4.69, 9.17) is 10.1 Å². The van der Waals surface area contributed by atoms with Gasteiger partial charge in [-0.1, -0.05) is 0 Å². The van der Waals surface area contributed by atoms with Crippen molar-refractivity contribution < 1.29 is 0 Å². The number of rotatable bonds is 3. The number of thiazole rings is 1. The van der Waals surface area contributed by atoms with E-state index in [9.17, 15) is 0 Å². The van der Waals surface area contributed by atoms with Crippen molar-refractivity contribution in [3.8, 4) is 11.4 Å². The predicted octanol–water partition coefficient (Wildman–Crippen LogP) is 4.02. The third-order valence-corrected chi connectivity index (χ3v) is 6.62. The second-order valence-corrected chi connectivity index (χ2v) is 8.79. The van der Waals surface area contributed by atoms with E-state index in [0.717, 1.165) is 51.1 Å². The molecule has 1 aliphatic carbocycles. The predicted molar refractivity (Wildman–Crippen MR) is 107 cm³/mol. The number of aryl methyl sites for hydroxylation is 5. The molecule has 7 heteroatoms. The van der Waals surface area contributed by atoms with Gasteiger partial charge >= 0.3 is 0 Å². The van der Waals surface area contributed by atoms with Crippen LogP contribution in [0.5, 0.6) is 0 Å². The highest BCUT2D eigenvalue weighted by Crippen LogP contribution is 2.55. The summed E-state index contributed by atoms with van der Waals surface area (Å²) in [6.45, 7) is 6.17. The molecular formula is C20H22N6S. The van der Waals surface area contributed by atoms with E-state index in [1.807, 2.05) is 36.5 Å². The minimum absolute atomic E-state index is 0.494. The molecule has 4 heterocycles. The van der Waals surface area contributed by atoms with Crippen molar-refractivity contribution in [1.29, 1.82) is 0 Å². The lowest BCUT2D eigenvalue weighted by molar-refractivity contribution is 0.745. The van der Waals surface area contributed by atoms with Crippen molar-refractivity contribution in [3.63, 3.8) is 0 Å². The second kappa shape index (κ2) is 5.73. The highest BCUT2D eigenvalue weighted by Gasteiger charge is 2.42. The van der Waals surface area contributed by atoms with E-state index < -0.39 is 0 Å². The molecule has 0 aliphatic heterocycles. The molecule has 1 saturated carbocycles. The first-order valence-corrected chi connectivity index (χ1v) is 10.0. The zero-order chi connectivity index (χ0) is 18.9. The van der Waals surface area contributed by atoms with Crippen LogP contribution < -0.4 is 0 Å². The lowest BCUT2D eigenvalue weighted by atomic mass is 10.1. The molecule has 0 saturated heterocycles. The molecule has 27 heavy (non-hydrogen) atoms. The molecule has 0 bridgehead atoms. The summed E-state index contributed by atoms with van der Waals surface area (Å²) in [5.74, 6) is 2.04. The summed E-state index contributed by atoms with van der Waals surface area (Å²) in [5, 5.41) is 5.94. The topological polar surface area (TPSA) is 61.4 Å². The Labute approximate surface area is 161 Å². The van der Waals surface area contributed by atoms with Gasteiger partial charge < -0.3 is 4.57 Å². The molecule has 4 aromatic rings. The molecule has 2 atom stereocenters. The summed E-state index contributed by atoms with van der Waals surface area (Å²) in [6.07, 6.45) is 3.18. The highest BCUT2D eigenvalue weighted by atomic mass is 32.1. The Morgan fingerprint density at radius 1 is 1.07 bits per heavy atom. The number of pyridine rings is 1. The fourth-order valence-corrected chi connectivity index (χ4v) is 4.80. The monoisotopic (exact) mass is 378 g/mol. The van der Waals surface area contributed by atoms with Crippen LogP contribution in [0.15, 0.2) is 18.3 Å². The summed E-state index contributed by atoms with van der Waals surface area (Å²) in [5.41, 5.74) is 6.21. The van der Waals surface area contributed by atoms with Crippen molar-refractivity contribution >= 4 is 22.5 Å². The van der Waals surface area contributed by atoms with Gasteiger partial charge in [0, 0.05) is 37.0 Å². The first kappa shape index (κ1) is 16.6. The van der Waals surface area contributed by atoms with E-state index in [-0.39, 0.29) is 0 Å². The average Bonchev–Trinajstić information content (AvgIpc) is 3.01. The third-order valence-electron chi connectivity index (χ3n) is 5.58. The first-order valence-electron chi connectivity index (χ1n) is 9.19. The standard InChI is InChI=1S/C20H22N6S/c1-10-6-16(23-20-19(10)22-11(2)25(20)4)17-8-15(24-26(17)5)13-7-14(13)18-9-21-12(3)27-18/h6,8-9,13-14H,7H2,1-5H3/t13-,14-/m0/s1. The van der Waals surface area contributed by atoms with Crippen LogP contribution in [0.4, 0.5) is 0 Å². The number of imidazole rings is 1. The van der Waals surface area contributed by atoms with Crippen LogP contribution in [0, 0.1) is 20.8 Å². The molecule has 4 aromatic heterocycles. The van der Waals surface area contributed by atoms with Gasteiger partial charge in [-0.2, -0.15) is 5.10 Å². The molecule has 6 nitrogen and oxygen atoms in total. The van der Waals surface area contributed by atoms with Gasteiger partial charge in [0.1, 0.15) is 11.3 Å². The molecule has 138 valence electrons. The molecule has 1 fully saturated rings. The summed E-state index contributed by atoms with van der Waals surface area (Å²) in [7, 11) is 4.02. The lowest BCUT2D eigenvalue weighted by Crippen LogP contribution is -1.98. The van der Waals surface area contributed by atoms with E-state index >= 15 is 0 Å². The Morgan fingerprint density at radius 3 is 2.63 bits per heavy atom. The zero-order valence-corrected chi connectivity index (χ0v) is 17.0. The Kier molecular flexibility index (Phi) is 3.53. The number of nitrogens with zero attached hydrogens (tertiary/aromatic N) is 6. The molecule has 0 aromatic carbocycles. The maximum Gasteiger partial charge on any atom is 0.160 e. The fourth-order valence-electron chi connectivity index (χ4n) is 3.84. The molecule has 5 rings (SSSR count). The maximum absolute atomic E-state index is 4.89. The van der Waals surface area contributed by atoms with Gasteiger partial charge in [0.25, 0.3) is 0 Å². The van der Waals surface area contributed by atoms with Crippen LogP contribution in [0.3, 0.4) is 0 Å². The minimum Gasteiger partial charge on any atom is -0.316 e. The normalized spacial score (nSPS) is 19.1. The summed E-state index contributed by atoms with van der Waals surface area (Å²) < 4.78 is 4.01. The van der Waals surface area contributed by atoms with Crippen LogP contribution >= 0.6 is 11.3 Å². The molecule has 0 amide bonds. The molecular weight excluding hydrogens is 356 g/mol. The van der Waals surface area contributed by atoms with Gasteiger partial charge in [-0.05, 0) is 44.9 Å². The maximum atomic E-state index is 4.89. The van der Waals surface area contributed by atoms with Gasteiger partial charge in [0.05, 0.1) is 22.1 Å². The second-order valence-electron chi connectivity index (χ2n) is 7.52. The van der Waals surface area contributed by atoms with E-state index in [1.54, 1.807) is 11.3 Å². The number of hydrogen-bond acceptors (Lipinski definition) is 5. The summed E-state index contributed by atoms with van der Waals surface area (Å²) in [4.78, 5) is 15.3. The number of hydrogen-bond donors (Lipinski definition) is 0. The van der Waals surface area contributed by atoms with E-state index in [1.165, 1.54) is 4.88 Å². The van der Waals surface area contributed by atoms with Crippen LogP contribution in [0.1, 0.15) is 45.2 Å². The highest BCUT2D eigenvalue weighted by molar-refractivity contribution is 7.11. The van der Waals surface area contributed by atoms with Crippen LogP contribution in [-0.2, 0) is 14.1 Å². The largest absolute Gasteiger partial charge is 0.316 e. The fraction of sp³-hybridized carbons (Fsp3) is 0.400. The molecule has 1 aliphatic rings. The summed E-state index contributed by atoms with van der Waals surface area (Å²) in [6, 6.07) is 4.32. The smallest absolute Gasteiger partial charge is 0.160 e. The summed E-state index contributed by atoms with van der Waals surface area (Å²) >= 11 is 1.80. The first-order chi connectivity index (χ1) is 12.9. The van der Waals surface area contributed by atoms with Gasteiger partial charge in [-0.25, -0.2) is 15.0 Å².